The standard InChI is InChI=1S/C19H21NO3/c1-22-15-10-6-11-16(23-2)17(15)18(21)20-19(12-7-13-19)14-8-4-3-5-9-14/h3-6,8-11H,7,12-13H2,1-2H3,(H,20,21). The summed E-state index contributed by atoms with van der Waals surface area (Å²) < 4.78 is 10.7. The van der Waals surface area contributed by atoms with Crippen molar-refractivity contribution in [2.75, 3.05) is 14.2 Å². The highest BCUT2D eigenvalue weighted by Crippen LogP contribution is 2.42. The molecule has 2 aromatic rings. The topological polar surface area (TPSA) is 47.6 Å². The Bertz CT molecular complexity index is 671. The molecule has 120 valence electrons. The lowest BCUT2D eigenvalue weighted by molar-refractivity contribution is 0.0817. The van der Waals surface area contributed by atoms with Crippen LogP contribution in [0.3, 0.4) is 0 Å². The molecule has 0 spiro atoms. The van der Waals surface area contributed by atoms with Gasteiger partial charge in [0.1, 0.15) is 17.1 Å². The van der Waals surface area contributed by atoms with Crippen molar-refractivity contribution < 1.29 is 14.3 Å². The summed E-state index contributed by atoms with van der Waals surface area (Å²) in [5, 5.41) is 3.21. The van der Waals surface area contributed by atoms with Crippen LogP contribution in [0.25, 0.3) is 0 Å². The summed E-state index contributed by atoms with van der Waals surface area (Å²) in [6.07, 6.45) is 3.00. The molecule has 4 heteroatoms. The molecule has 0 saturated heterocycles. The monoisotopic (exact) mass is 311 g/mol. The molecule has 23 heavy (non-hydrogen) atoms. The van der Waals surface area contributed by atoms with Crippen molar-refractivity contribution in [3.63, 3.8) is 0 Å². The van der Waals surface area contributed by atoms with Crippen molar-refractivity contribution in [1.82, 2.24) is 5.32 Å². The molecule has 0 aliphatic heterocycles. The first-order valence-corrected chi connectivity index (χ1v) is 7.79. The van der Waals surface area contributed by atoms with E-state index in [1.807, 2.05) is 24.3 Å². The van der Waals surface area contributed by atoms with Crippen LogP contribution in [0, 0.1) is 0 Å². The van der Waals surface area contributed by atoms with Crippen LogP contribution in [0.4, 0.5) is 0 Å². The lowest BCUT2D eigenvalue weighted by atomic mass is 9.71. The lowest BCUT2D eigenvalue weighted by Gasteiger charge is -2.43. The molecule has 0 heterocycles. The minimum atomic E-state index is -0.287. The Hall–Kier alpha value is -2.49. The number of hydrogen-bond donors (Lipinski definition) is 1. The normalized spacial score (nSPS) is 15.4. The molecule has 1 saturated carbocycles. The first kappa shape index (κ1) is 15.4. The fourth-order valence-electron chi connectivity index (χ4n) is 3.13. The Kier molecular flexibility index (Phi) is 4.24. The van der Waals surface area contributed by atoms with E-state index in [2.05, 4.69) is 17.4 Å². The Morgan fingerprint density at radius 2 is 1.57 bits per heavy atom. The number of carbonyl (C=O) groups is 1. The van der Waals surface area contributed by atoms with Crippen molar-refractivity contribution in [3.8, 4) is 11.5 Å². The summed E-state index contributed by atoms with van der Waals surface area (Å²) in [6.45, 7) is 0. The van der Waals surface area contributed by atoms with Crippen LogP contribution >= 0.6 is 0 Å². The Labute approximate surface area is 136 Å². The zero-order valence-corrected chi connectivity index (χ0v) is 13.5. The molecule has 0 atom stereocenters. The maximum Gasteiger partial charge on any atom is 0.259 e. The Morgan fingerprint density at radius 3 is 2.04 bits per heavy atom. The van der Waals surface area contributed by atoms with Crippen LogP contribution in [0.2, 0.25) is 0 Å². The third kappa shape index (κ3) is 2.77. The van der Waals surface area contributed by atoms with Gasteiger partial charge in [0, 0.05) is 0 Å². The molecule has 1 aliphatic carbocycles. The first-order chi connectivity index (χ1) is 11.2. The molecule has 1 aliphatic rings. The van der Waals surface area contributed by atoms with Crippen molar-refractivity contribution in [1.29, 1.82) is 0 Å². The summed E-state index contributed by atoms with van der Waals surface area (Å²) >= 11 is 0. The zero-order valence-electron chi connectivity index (χ0n) is 13.5. The van der Waals surface area contributed by atoms with Gasteiger partial charge in [-0.05, 0) is 37.0 Å². The SMILES string of the molecule is COc1cccc(OC)c1C(=O)NC1(c2ccccc2)CCC1. The average molecular weight is 311 g/mol. The highest BCUT2D eigenvalue weighted by Gasteiger charge is 2.40. The third-order valence-corrected chi connectivity index (χ3v) is 4.54. The van der Waals surface area contributed by atoms with E-state index in [1.54, 1.807) is 26.4 Å². The van der Waals surface area contributed by atoms with E-state index in [0.717, 1.165) is 24.8 Å². The van der Waals surface area contributed by atoms with Gasteiger partial charge in [0.15, 0.2) is 0 Å². The van der Waals surface area contributed by atoms with Crippen molar-refractivity contribution in [2.45, 2.75) is 24.8 Å². The predicted molar refractivity (Wildman–Crippen MR) is 89.0 cm³/mol. The fraction of sp³-hybridized carbons (Fsp3) is 0.316. The number of ether oxygens (including phenoxy) is 2. The van der Waals surface area contributed by atoms with Gasteiger partial charge in [0.05, 0.1) is 19.8 Å². The summed E-state index contributed by atoms with van der Waals surface area (Å²) in [7, 11) is 3.11. The van der Waals surface area contributed by atoms with Crippen LogP contribution in [0.5, 0.6) is 11.5 Å². The van der Waals surface area contributed by atoms with E-state index in [-0.39, 0.29) is 11.4 Å². The molecule has 0 radical (unpaired) electrons. The quantitative estimate of drug-likeness (QED) is 0.919. The third-order valence-electron chi connectivity index (χ3n) is 4.54. The summed E-state index contributed by atoms with van der Waals surface area (Å²) in [5.74, 6) is 0.872. The zero-order chi connectivity index (χ0) is 16.3. The molecule has 1 amide bonds. The number of carbonyl (C=O) groups excluding carboxylic acids is 1. The van der Waals surface area contributed by atoms with Crippen molar-refractivity contribution >= 4 is 5.91 Å². The Morgan fingerprint density at radius 1 is 0.957 bits per heavy atom. The minimum absolute atomic E-state index is 0.164. The van der Waals surface area contributed by atoms with E-state index in [1.165, 1.54) is 0 Å². The maximum atomic E-state index is 12.9. The summed E-state index contributed by atoms with van der Waals surface area (Å²) in [4.78, 5) is 12.9. The maximum absolute atomic E-state index is 12.9. The van der Waals surface area contributed by atoms with E-state index in [9.17, 15) is 4.79 Å². The van der Waals surface area contributed by atoms with Gasteiger partial charge < -0.3 is 14.8 Å². The molecule has 0 bridgehead atoms. The van der Waals surface area contributed by atoms with Gasteiger partial charge in [-0.2, -0.15) is 0 Å². The number of amides is 1. The number of nitrogens with one attached hydrogen (secondary N) is 1. The van der Waals surface area contributed by atoms with Crippen LogP contribution in [0.15, 0.2) is 48.5 Å². The molecular weight excluding hydrogens is 290 g/mol. The highest BCUT2D eigenvalue weighted by molar-refractivity contribution is 6.00. The molecule has 0 aromatic heterocycles. The predicted octanol–water partition coefficient (Wildman–Crippen LogP) is 3.51. The van der Waals surface area contributed by atoms with E-state index in [0.29, 0.717) is 17.1 Å². The second-order valence-corrected chi connectivity index (χ2v) is 5.79. The number of hydrogen-bond acceptors (Lipinski definition) is 3. The highest BCUT2D eigenvalue weighted by atomic mass is 16.5. The van der Waals surface area contributed by atoms with Gasteiger partial charge in [0.2, 0.25) is 0 Å². The van der Waals surface area contributed by atoms with Crippen LogP contribution in [0.1, 0.15) is 35.2 Å². The van der Waals surface area contributed by atoms with Crippen LogP contribution in [-0.2, 0) is 5.54 Å². The largest absolute Gasteiger partial charge is 0.496 e. The molecule has 3 rings (SSSR count). The van der Waals surface area contributed by atoms with Crippen molar-refractivity contribution in [3.05, 3.63) is 59.7 Å². The van der Waals surface area contributed by atoms with E-state index in [4.69, 9.17) is 9.47 Å². The number of rotatable bonds is 5. The Balaban J connectivity index is 1.93. The molecular formula is C19H21NO3. The molecule has 2 aromatic carbocycles. The first-order valence-electron chi connectivity index (χ1n) is 7.79. The van der Waals surface area contributed by atoms with E-state index >= 15 is 0 Å². The fourth-order valence-corrected chi connectivity index (χ4v) is 3.13. The van der Waals surface area contributed by atoms with Gasteiger partial charge in [-0.1, -0.05) is 36.4 Å². The van der Waals surface area contributed by atoms with Crippen LogP contribution < -0.4 is 14.8 Å². The smallest absolute Gasteiger partial charge is 0.259 e. The lowest BCUT2D eigenvalue weighted by Crippen LogP contribution is -2.50. The molecule has 4 nitrogen and oxygen atoms in total. The van der Waals surface area contributed by atoms with Gasteiger partial charge in [-0.15, -0.1) is 0 Å². The van der Waals surface area contributed by atoms with Crippen LogP contribution in [-0.4, -0.2) is 20.1 Å². The molecule has 1 fully saturated rings. The minimum Gasteiger partial charge on any atom is -0.496 e. The number of methoxy groups -OCH3 is 2. The summed E-state index contributed by atoms with van der Waals surface area (Å²) in [6, 6.07) is 15.5. The number of benzene rings is 2. The molecule has 0 unspecified atom stereocenters. The second-order valence-electron chi connectivity index (χ2n) is 5.79. The average Bonchev–Trinajstić information content (AvgIpc) is 2.57. The van der Waals surface area contributed by atoms with Gasteiger partial charge in [0.25, 0.3) is 5.91 Å². The summed E-state index contributed by atoms with van der Waals surface area (Å²) in [5.41, 5.74) is 1.30. The van der Waals surface area contributed by atoms with E-state index < -0.39 is 0 Å². The van der Waals surface area contributed by atoms with Gasteiger partial charge in [-0.25, -0.2) is 0 Å². The molecule has 1 N–H and O–H groups in total. The van der Waals surface area contributed by atoms with Crippen molar-refractivity contribution in [2.24, 2.45) is 0 Å². The second kappa shape index (κ2) is 6.32. The van der Waals surface area contributed by atoms with Gasteiger partial charge in [-0.3, -0.25) is 4.79 Å². The van der Waals surface area contributed by atoms with Gasteiger partial charge >= 0.3 is 0 Å².